The van der Waals surface area contributed by atoms with Gasteiger partial charge in [-0.15, -0.1) is 0 Å². The lowest BCUT2D eigenvalue weighted by atomic mass is 10.1. The molecule has 0 radical (unpaired) electrons. The van der Waals surface area contributed by atoms with Crippen molar-refractivity contribution >= 4 is 38.8 Å². The van der Waals surface area contributed by atoms with E-state index in [1.165, 1.54) is 17.3 Å². The van der Waals surface area contributed by atoms with Crippen LogP contribution in [0.15, 0.2) is 27.7 Å². The lowest BCUT2D eigenvalue weighted by Crippen LogP contribution is -2.24. The number of amidine groups is 1. The van der Waals surface area contributed by atoms with Gasteiger partial charge in [0.1, 0.15) is 11.9 Å². The predicted molar refractivity (Wildman–Crippen MR) is 78.3 cm³/mol. The number of fused-ring (bicyclic) bond motifs is 1. The first kappa shape index (κ1) is 13.2. The second kappa shape index (κ2) is 5.62. The molecule has 1 aromatic rings. The minimum absolute atomic E-state index is 0.0637. The fraction of sp³-hybridized carbons (Fsp3) is 0.273. The van der Waals surface area contributed by atoms with Gasteiger partial charge in [0.05, 0.1) is 0 Å². The summed E-state index contributed by atoms with van der Waals surface area (Å²) in [5.74, 6) is 1.48. The molecule has 1 aromatic carbocycles. The van der Waals surface area contributed by atoms with Crippen LogP contribution in [0.1, 0.15) is 5.56 Å². The number of nitrogens with one attached hydrogen (secondary N) is 1. The molecule has 1 atom stereocenters. The van der Waals surface area contributed by atoms with Crippen LogP contribution in [0.2, 0.25) is 0 Å². The Morgan fingerprint density at radius 3 is 3.06 bits per heavy atom. The van der Waals surface area contributed by atoms with E-state index in [0.29, 0.717) is 5.75 Å². The molecule has 0 amide bonds. The summed E-state index contributed by atoms with van der Waals surface area (Å²) < 4.78 is 6.82. The summed E-state index contributed by atoms with van der Waals surface area (Å²) in [7, 11) is 0. The molecule has 0 fully saturated rings. The number of halogens is 1. The summed E-state index contributed by atoms with van der Waals surface area (Å²) in [6.45, 7) is 0. The van der Waals surface area contributed by atoms with E-state index in [2.05, 4.69) is 27.0 Å². The van der Waals surface area contributed by atoms with Crippen LogP contribution in [0.25, 0.3) is 0 Å². The van der Waals surface area contributed by atoms with Crippen molar-refractivity contribution < 1.29 is 4.74 Å². The minimum atomic E-state index is -0.0907. The average Bonchev–Trinajstić information content (AvgIpc) is 2.67. The number of thioether (sulfide) groups is 1. The van der Waals surface area contributed by atoms with Crippen molar-refractivity contribution in [1.29, 1.82) is 5.41 Å². The van der Waals surface area contributed by atoms with Crippen LogP contribution in [-0.2, 0) is 6.42 Å². The van der Waals surface area contributed by atoms with Crippen molar-refractivity contribution in [2.45, 2.75) is 12.5 Å². The maximum atomic E-state index is 7.53. The predicted octanol–water partition coefficient (Wildman–Crippen LogP) is 1.69. The highest BCUT2D eigenvalue weighted by Crippen LogP contribution is 2.32. The number of ether oxygens (including phenoxy) is 1. The third-order valence-corrected chi connectivity index (χ3v) is 3.80. The van der Waals surface area contributed by atoms with Crippen molar-refractivity contribution in [2.75, 3.05) is 5.75 Å². The molecule has 1 aliphatic heterocycles. The monoisotopic (exact) mass is 328 g/mol. The molecule has 18 heavy (non-hydrogen) atoms. The molecule has 96 valence electrons. The van der Waals surface area contributed by atoms with Gasteiger partial charge in [-0.25, -0.2) is 0 Å². The van der Waals surface area contributed by atoms with E-state index in [0.717, 1.165) is 16.6 Å². The molecule has 2 rings (SSSR count). The van der Waals surface area contributed by atoms with Crippen molar-refractivity contribution in [3.05, 3.63) is 28.2 Å². The van der Waals surface area contributed by atoms with Crippen molar-refractivity contribution in [2.24, 2.45) is 16.5 Å². The molecule has 0 bridgehead atoms. The highest BCUT2D eigenvalue weighted by atomic mass is 79.9. The standard InChI is InChI=1S/C11H13BrN4OS/c12-7-1-2-9-6(3-7)4-8(17-9)5-18-11(15)16-10(13)14/h1-3,8H,4-5H2,(H5,13,14,15,16). The van der Waals surface area contributed by atoms with Crippen molar-refractivity contribution in [3.63, 3.8) is 0 Å². The van der Waals surface area contributed by atoms with E-state index in [1.54, 1.807) is 0 Å². The van der Waals surface area contributed by atoms with Crippen LogP contribution in [0.4, 0.5) is 0 Å². The Kier molecular flexibility index (Phi) is 4.13. The lowest BCUT2D eigenvalue weighted by Gasteiger charge is -2.08. The van der Waals surface area contributed by atoms with Crippen molar-refractivity contribution in [3.8, 4) is 5.75 Å². The van der Waals surface area contributed by atoms with E-state index in [-0.39, 0.29) is 17.2 Å². The average molecular weight is 329 g/mol. The molecule has 7 heteroatoms. The molecule has 5 nitrogen and oxygen atoms in total. The second-order valence-corrected chi connectivity index (χ2v) is 5.77. The molecular formula is C11H13BrN4OS. The smallest absolute Gasteiger partial charge is 0.193 e. The summed E-state index contributed by atoms with van der Waals surface area (Å²) in [4.78, 5) is 3.66. The van der Waals surface area contributed by atoms with Gasteiger partial charge in [0, 0.05) is 16.6 Å². The molecular weight excluding hydrogens is 316 g/mol. The van der Waals surface area contributed by atoms with Gasteiger partial charge in [-0.3, -0.25) is 5.41 Å². The minimum Gasteiger partial charge on any atom is -0.489 e. The number of nitrogens with zero attached hydrogens (tertiary/aromatic N) is 1. The van der Waals surface area contributed by atoms with Crippen molar-refractivity contribution in [1.82, 2.24) is 0 Å². The summed E-state index contributed by atoms with van der Waals surface area (Å²) >= 11 is 4.71. The highest BCUT2D eigenvalue weighted by Gasteiger charge is 2.23. The normalized spacial score (nSPS) is 16.8. The third-order valence-electron chi connectivity index (χ3n) is 2.40. The fourth-order valence-corrected chi connectivity index (χ4v) is 2.81. The van der Waals surface area contributed by atoms with Crippen LogP contribution in [0, 0.1) is 5.41 Å². The lowest BCUT2D eigenvalue weighted by molar-refractivity contribution is 0.259. The van der Waals surface area contributed by atoms with E-state index in [4.69, 9.17) is 21.6 Å². The van der Waals surface area contributed by atoms with E-state index in [9.17, 15) is 0 Å². The van der Waals surface area contributed by atoms with E-state index >= 15 is 0 Å². The van der Waals surface area contributed by atoms with Gasteiger partial charge < -0.3 is 16.2 Å². The van der Waals surface area contributed by atoms with Gasteiger partial charge in [-0.1, -0.05) is 27.7 Å². The molecule has 1 aliphatic rings. The molecule has 0 saturated heterocycles. The summed E-state index contributed by atoms with van der Waals surface area (Å²) in [5.41, 5.74) is 11.6. The molecule has 1 unspecified atom stereocenters. The van der Waals surface area contributed by atoms with Crippen LogP contribution >= 0.6 is 27.7 Å². The van der Waals surface area contributed by atoms with E-state index < -0.39 is 0 Å². The largest absolute Gasteiger partial charge is 0.489 e. The summed E-state index contributed by atoms with van der Waals surface area (Å²) in [5, 5.41) is 7.64. The zero-order valence-electron chi connectivity index (χ0n) is 9.52. The molecule has 0 aromatic heterocycles. The number of aliphatic imine (C=N–C) groups is 1. The maximum absolute atomic E-state index is 7.53. The van der Waals surface area contributed by atoms with Gasteiger partial charge >= 0.3 is 0 Å². The quantitative estimate of drug-likeness (QED) is 0.568. The fourth-order valence-electron chi connectivity index (χ4n) is 1.70. The first-order chi connectivity index (χ1) is 8.54. The van der Waals surface area contributed by atoms with Crippen LogP contribution in [0.3, 0.4) is 0 Å². The number of rotatable bonds is 2. The number of guanidine groups is 1. The number of nitrogens with two attached hydrogens (primary N) is 2. The van der Waals surface area contributed by atoms with Gasteiger partial charge in [0.2, 0.25) is 0 Å². The Bertz CT molecular complexity index is 502. The Hall–Kier alpha value is -1.21. The first-order valence-electron chi connectivity index (χ1n) is 5.30. The Balaban J connectivity index is 1.88. The third kappa shape index (κ3) is 3.39. The zero-order valence-corrected chi connectivity index (χ0v) is 11.9. The van der Waals surface area contributed by atoms with Gasteiger partial charge in [0.15, 0.2) is 11.1 Å². The van der Waals surface area contributed by atoms with Crippen LogP contribution < -0.4 is 16.2 Å². The van der Waals surface area contributed by atoms with Gasteiger partial charge in [0.25, 0.3) is 0 Å². The number of benzene rings is 1. The molecule has 0 spiro atoms. The topological polar surface area (TPSA) is 97.5 Å². The number of hydrogen-bond donors (Lipinski definition) is 3. The molecule has 0 saturated carbocycles. The number of hydrogen-bond acceptors (Lipinski definition) is 3. The Labute approximate surface area is 118 Å². The SMILES string of the molecule is N=C(N=C(N)N)SCC1Cc2cc(Br)ccc2O1. The van der Waals surface area contributed by atoms with E-state index in [1.807, 2.05) is 12.1 Å². The Morgan fingerprint density at radius 2 is 2.33 bits per heavy atom. The van der Waals surface area contributed by atoms with Gasteiger partial charge in [-0.05, 0) is 23.8 Å². The second-order valence-electron chi connectivity index (χ2n) is 3.85. The Morgan fingerprint density at radius 1 is 1.56 bits per heavy atom. The highest BCUT2D eigenvalue weighted by molar-refractivity contribution is 9.10. The summed E-state index contributed by atoms with van der Waals surface area (Å²) in [6.07, 6.45) is 0.908. The maximum Gasteiger partial charge on any atom is 0.193 e. The van der Waals surface area contributed by atoms with Crippen LogP contribution in [-0.4, -0.2) is 23.0 Å². The molecule has 5 N–H and O–H groups in total. The van der Waals surface area contributed by atoms with Crippen LogP contribution in [0.5, 0.6) is 5.75 Å². The first-order valence-corrected chi connectivity index (χ1v) is 7.08. The van der Waals surface area contributed by atoms with Gasteiger partial charge in [-0.2, -0.15) is 4.99 Å². The summed E-state index contributed by atoms with van der Waals surface area (Å²) in [6, 6.07) is 5.96. The molecule has 0 aliphatic carbocycles. The zero-order chi connectivity index (χ0) is 13.1. The molecule has 1 heterocycles.